The number of carbonyl (C=O) groups is 1. The van der Waals surface area contributed by atoms with Crippen LogP contribution in [0.3, 0.4) is 0 Å². The van der Waals surface area contributed by atoms with Gasteiger partial charge in [0.05, 0.1) is 18.0 Å². The lowest BCUT2D eigenvalue weighted by molar-refractivity contribution is -0.145. The topological polar surface area (TPSA) is 95.8 Å². The van der Waals surface area contributed by atoms with Gasteiger partial charge in [-0.25, -0.2) is 4.79 Å². The third-order valence-corrected chi connectivity index (χ3v) is 6.09. The van der Waals surface area contributed by atoms with Crippen LogP contribution in [0.1, 0.15) is 36.0 Å². The maximum Gasteiger partial charge on any atom is 0.329 e. The second-order valence-electron chi connectivity index (χ2n) is 8.70. The second kappa shape index (κ2) is 12.3. The van der Waals surface area contributed by atoms with Crippen LogP contribution in [0, 0.1) is 0 Å². The van der Waals surface area contributed by atoms with Crippen molar-refractivity contribution in [3.05, 3.63) is 71.3 Å². The lowest BCUT2D eigenvalue weighted by Crippen LogP contribution is -2.41. The third kappa shape index (κ3) is 7.40. The SMILES string of the molecule is O=C(O)COC1CCN(CC2CC(c3ccc(C=NNCCc4ccccc4)cc3)=NO2)CC1. The van der Waals surface area contributed by atoms with Gasteiger partial charge in [0, 0.05) is 32.6 Å². The Morgan fingerprint density at radius 2 is 1.94 bits per heavy atom. The molecule has 0 bridgehead atoms. The highest BCUT2D eigenvalue weighted by Gasteiger charge is 2.27. The standard InChI is InChI=1S/C26H32N4O4/c31-26(32)19-33-23-11-14-30(15-12-23)18-24-16-25(29-34-24)22-8-6-21(7-9-22)17-28-27-13-10-20-4-2-1-3-5-20/h1-9,17,23-24,27H,10-16,18-19H2,(H,31,32). The van der Waals surface area contributed by atoms with Gasteiger partial charge in [0.25, 0.3) is 0 Å². The van der Waals surface area contributed by atoms with E-state index in [9.17, 15) is 4.79 Å². The summed E-state index contributed by atoms with van der Waals surface area (Å²) in [7, 11) is 0. The summed E-state index contributed by atoms with van der Waals surface area (Å²) in [6.07, 6.45) is 5.31. The zero-order valence-corrected chi connectivity index (χ0v) is 19.3. The number of likely N-dealkylation sites (tertiary alicyclic amines) is 1. The van der Waals surface area contributed by atoms with Gasteiger partial charge in [-0.3, -0.25) is 4.90 Å². The number of aliphatic carboxylic acids is 1. The summed E-state index contributed by atoms with van der Waals surface area (Å²) in [5.74, 6) is -0.915. The van der Waals surface area contributed by atoms with E-state index in [0.717, 1.165) is 68.7 Å². The molecule has 2 aromatic carbocycles. The molecule has 0 amide bonds. The fourth-order valence-electron chi connectivity index (χ4n) is 4.22. The van der Waals surface area contributed by atoms with E-state index < -0.39 is 5.97 Å². The van der Waals surface area contributed by atoms with Gasteiger partial charge >= 0.3 is 5.97 Å². The molecule has 180 valence electrons. The van der Waals surface area contributed by atoms with Crippen LogP contribution in [0.4, 0.5) is 0 Å². The molecule has 1 unspecified atom stereocenters. The van der Waals surface area contributed by atoms with Crippen molar-refractivity contribution in [1.82, 2.24) is 10.3 Å². The van der Waals surface area contributed by atoms with Crippen LogP contribution in [0.15, 0.2) is 64.9 Å². The minimum Gasteiger partial charge on any atom is -0.480 e. The minimum atomic E-state index is -0.915. The van der Waals surface area contributed by atoms with Crippen molar-refractivity contribution in [2.24, 2.45) is 10.3 Å². The Labute approximate surface area is 200 Å². The number of hydrazone groups is 1. The molecule has 2 aromatic rings. The minimum absolute atomic E-state index is 0.0322. The van der Waals surface area contributed by atoms with Crippen molar-refractivity contribution in [2.45, 2.75) is 37.9 Å². The van der Waals surface area contributed by atoms with Gasteiger partial charge in [0.1, 0.15) is 12.7 Å². The summed E-state index contributed by atoms with van der Waals surface area (Å²) < 4.78 is 5.41. The average molecular weight is 465 g/mol. The van der Waals surface area contributed by atoms with Crippen molar-refractivity contribution in [3.8, 4) is 0 Å². The second-order valence-corrected chi connectivity index (χ2v) is 8.70. The molecule has 0 radical (unpaired) electrons. The fourth-order valence-corrected chi connectivity index (χ4v) is 4.22. The van der Waals surface area contributed by atoms with Gasteiger partial charge in [0.2, 0.25) is 0 Å². The number of hydrogen-bond acceptors (Lipinski definition) is 7. The normalized spacial score (nSPS) is 19.2. The highest BCUT2D eigenvalue weighted by Crippen LogP contribution is 2.20. The van der Waals surface area contributed by atoms with E-state index in [1.807, 2.05) is 36.5 Å². The van der Waals surface area contributed by atoms with E-state index in [4.69, 9.17) is 14.7 Å². The molecule has 2 heterocycles. The monoisotopic (exact) mass is 464 g/mol. The summed E-state index contributed by atoms with van der Waals surface area (Å²) >= 11 is 0. The zero-order chi connectivity index (χ0) is 23.6. The van der Waals surface area contributed by atoms with Crippen molar-refractivity contribution in [1.29, 1.82) is 0 Å². The van der Waals surface area contributed by atoms with Crippen molar-refractivity contribution in [3.63, 3.8) is 0 Å². The Balaban J connectivity index is 1.15. The number of nitrogens with one attached hydrogen (secondary N) is 1. The van der Waals surface area contributed by atoms with E-state index in [1.54, 1.807) is 0 Å². The summed E-state index contributed by atoms with van der Waals surface area (Å²) in [6, 6.07) is 18.5. The Hall–Kier alpha value is -3.23. The molecule has 2 aliphatic heterocycles. The molecule has 1 fully saturated rings. The highest BCUT2D eigenvalue weighted by atomic mass is 16.6. The number of rotatable bonds is 11. The van der Waals surface area contributed by atoms with Crippen LogP contribution in [-0.4, -0.2) is 72.9 Å². The lowest BCUT2D eigenvalue weighted by atomic mass is 10.0. The predicted molar refractivity (Wildman–Crippen MR) is 131 cm³/mol. The first-order valence-corrected chi connectivity index (χ1v) is 11.8. The number of carboxylic acid groups (broad SMARTS) is 1. The number of ether oxygens (including phenoxy) is 1. The number of hydrogen-bond donors (Lipinski definition) is 2. The Kier molecular flexibility index (Phi) is 8.65. The summed E-state index contributed by atoms with van der Waals surface area (Å²) in [5, 5.41) is 17.4. The van der Waals surface area contributed by atoms with Gasteiger partial charge < -0.3 is 20.1 Å². The Morgan fingerprint density at radius 1 is 1.18 bits per heavy atom. The molecule has 8 nitrogen and oxygen atoms in total. The molecule has 2 aliphatic rings. The van der Waals surface area contributed by atoms with Crippen LogP contribution in [-0.2, 0) is 20.8 Å². The lowest BCUT2D eigenvalue weighted by Gasteiger charge is -2.32. The molecule has 34 heavy (non-hydrogen) atoms. The van der Waals surface area contributed by atoms with Crippen molar-refractivity contribution in [2.75, 3.05) is 32.8 Å². The predicted octanol–water partition coefficient (Wildman–Crippen LogP) is 2.91. The largest absolute Gasteiger partial charge is 0.480 e. The zero-order valence-electron chi connectivity index (χ0n) is 19.3. The molecule has 0 spiro atoms. The maximum absolute atomic E-state index is 10.6. The number of piperidine rings is 1. The Morgan fingerprint density at radius 3 is 2.68 bits per heavy atom. The maximum atomic E-state index is 10.6. The molecule has 1 saturated heterocycles. The molecular weight excluding hydrogens is 432 g/mol. The molecular formula is C26H32N4O4. The summed E-state index contributed by atoms with van der Waals surface area (Å²) in [4.78, 5) is 18.7. The van der Waals surface area contributed by atoms with Crippen molar-refractivity contribution < 1.29 is 19.5 Å². The third-order valence-electron chi connectivity index (χ3n) is 6.09. The first-order chi connectivity index (χ1) is 16.7. The van der Waals surface area contributed by atoms with E-state index in [2.05, 4.69) is 44.8 Å². The van der Waals surface area contributed by atoms with Crippen LogP contribution in [0.25, 0.3) is 0 Å². The van der Waals surface area contributed by atoms with Gasteiger partial charge in [-0.05, 0) is 36.0 Å². The van der Waals surface area contributed by atoms with Crippen LogP contribution in [0.2, 0.25) is 0 Å². The number of oxime groups is 1. The number of benzene rings is 2. The number of nitrogens with zero attached hydrogens (tertiary/aromatic N) is 3. The summed E-state index contributed by atoms with van der Waals surface area (Å²) in [5.41, 5.74) is 7.45. The van der Waals surface area contributed by atoms with Crippen LogP contribution < -0.4 is 5.43 Å². The van der Waals surface area contributed by atoms with E-state index in [1.165, 1.54) is 5.56 Å². The smallest absolute Gasteiger partial charge is 0.329 e. The first kappa shape index (κ1) is 23.9. The molecule has 8 heteroatoms. The van der Waals surface area contributed by atoms with Gasteiger partial charge in [-0.2, -0.15) is 5.10 Å². The first-order valence-electron chi connectivity index (χ1n) is 11.8. The number of carboxylic acids is 1. The fraction of sp³-hybridized carbons (Fsp3) is 0.423. The molecule has 0 aromatic heterocycles. The van der Waals surface area contributed by atoms with Crippen LogP contribution in [0.5, 0.6) is 0 Å². The van der Waals surface area contributed by atoms with Gasteiger partial charge in [-0.1, -0.05) is 59.8 Å². The quantitative estimate of drug-likeness (QED) is 0.302. The van der Waals surface area contributed by atoms with E-state index >= 15 is 0 Å². The molecule has 0 saturated carbocycles. The highest BCUT2D eigenvalue weighted by molar-refractivity contribution is 6.01. The average Bonchev–Trinajstić information content (AvgIpc) is 3.33. The summed E-state index contributed by atoms with van der Waals surface area (Å²) in [6.45, 7) is 3.15. The Bertz CT molecular complexity index is 970. The molecule has 1 atom stereocenters. The van der Waals surface area contributed by atoms with Crippen molar-refractivity contribution >= 4 is 17.9 Å². The molecule has 2 N–H and O–H groups in total. The van der Waals surface area contributed by atoms with Gasteiger partial charge in [0.15, 0.2) is 0 Å². The van der Waals surface area contributed by atoms with Crippen LogP contribution >= 0.6 is 0 Å². The van der Waals surface area contributed by atoms with Gasteiger partial charge in [-0.15, -0.1) is 0 Å². The molecule has 0 aliphatic carbocycles. The van der Waals surface area contributed by atoms with E-state index in [-0.39, 0.29) is 18.8 Å². The van der Waals surface area contributed by atoms with E-state index in [0.29, 0.717) is 0 Å². The molecule has 4 rings (SSSR count).